The van der Waals surface area contributed by atoms with Crippen molar-refractivity contribution in [1.82, 2.24) is 10.2 Å². The fourth-order valence-electron chi connectivity index (χ4n) is 0.899. The van der Waals surface area contributed by atoms with Gasteiger partial charge in [0.2, 0.25) is 5.91 Å². The Labute approximate surface area is 79.9 Å². The zero-order valence-corrected chi connectivity index (χ0v) is 8.71. The van der Waals surface area contributed by atoms with Gasteiger partial charge < -0.3 is 15.3 Å². The summed E-state index contributed by atoms with van der Waals surface area (Å²) >= 11 is 0. The van der Waals surface area contributed by atoms with Crippen LogP contribution in [0.1, 0.15) is 19.8 Å². The van der Waals surface area contributed by atoms with Crippen molar-refractivity contribution in [2.45, 2.75) is 25.9 Å². The lowest BCUT2D eigenvalue weighted by molar-refractivity contribution is -0.128. The van der Waals surface area contributed by atoms with E-state index >= 15 is 0 Å². The van der Waals surface area contributed by atoms with Crippen molar-refractivity contribution >= 4 is 5.91 Å². The van der Waals surface area contributed by atoms with Gasteiger partial charge in [-0.3, -0.25) is 4.79 Å². The summed E-state index contributed by atoms with van der Waals surface area (Å²) in [6.07, 6.45) is 1.08. The van der Waals surface area contributed by atoms with E-state index in [0.29, 0.717) is 13.0 Å². The number of hydrogen-bond donors (Lipinski definition) is 2. The summed E-state index contributed by atoms with van der Waals surface area (Å²) in [7, 11) is 3.51. The Morgan fingerprint density at radius 3 is 2.62 bits per heavy atom. The summed E-state index contributed by atoms with van der Waals surface area (Å²) in [5, 5.41) is 12.0. The van der Waals surface area contributed by atoms with Gasteiger partial charge in [-0.2, -0.15) is 0 Å². The predicted octanol–water partition coefficient (Wildman–Crippen LogP) is -0.175. The molecule has 0 aliphatic heterocycles. The summed E-state index contributed by atoms with van der Waals surface area (Å²) in [4.78, 5) is 12.7. The summed E-state index contributed by atoms with van der Waals surface area (Å²) in [5.74, 6) is 0.152. The minimum absolute atomic E-state index is 0.152. The van der Waals surface area contributed by atoms with Crippen molar-refractivity contribution in [2.24, 2.45) is 0 Å². The molecule has 0 aromatic heterocycles. The second kappa shape index (κ2) is 6.86. The summed E-state index contributed by atoms with van der Waals surface area (Å²) in [6, 6.07) is 0. The van der Waals surface area contributed by atoms with Crippen LogP contribution in [0.15, 0.2) is 0 Å². The molecule has 0 spiro atoms. The smallest absolute Gasteiger partial charge is 0.222 e. The third-order valence-electron chi connectivity index (χ3n) is 1.68. The van der Waals surface area contributed by atoms with E-state index in [4.69, 9.17) is 5.11 Å². The Hall–Kier alpha value is -0.610. The molecule has 1 amide bonds. The van der Waals surface area contributed by atoms with Crippen LogP contribution in [0.2, 0.25) is 0 Å². The van der Waals surface area contributed by atoms with Crippen molar-refractivity contribution in [3.05, 3.63) is 0 Å². The summed E-state index contributed by atoms with van der Waals surface area (Å²) in [5.41, 5.74) is 0. The number of aliphatic hydroxyl groups excluding tert-OH is 1. The van der Waals surface area contributed by atoms with Crippen molar-refractivity contribution in [3.8, 4) is 0 Å². The molecule has 0 saturated heterocycles. The topological polar surface area (TPSA) is 52.6 Å². The standard InChI is InChI=1S/C9H20N2O2/c1-8(12)7-10-6-4-5-9(13)11(2)3/h8,10,12H,4-7H2,1-3H3. The third kappa shape index (κ3) is 7.74. The average Bonchev–Trinajstić information content (AvgIpc) is 2.02. The van der Waals surface area contributed by atoms with E-state index in [1.807, 2.05) is 0 Å². The maximum atomic E-state index is 11.1. The van der Waals surface area contributed by atoms with Gasteiger partial charge in [0.1, 0.15) is 0 Å². The SMILES string of the molecule is CC(O)CNCCCC(=O)N(C)C. The maximum absolute atomic E-state index is 11.1. The average molecular weight is 188 g/mol. The number of hydrogen-bond acceptors (Lipinski definition) is 3. The highest BCUT2D eigenvalue weighted by atomic mass is 16.3. The summed E-state index contributed by atoms with van der Waals surface area (Å²) in [6.45, 7) is 3.11. The second-order valence-electron chi connectivity index (χ2n) is 3.44. The molecule has 0 fully saturated rings. The number of nitrogens with one attached hydrogen (secondary N) is 1. The van der Waals surface area contributed by atoms with Crippen LogP contribution >= 0.6 is 0 Å². The number of rotatable bonds is 6. The largest absolute Gasteiger partial charge is 0.392 e. The van der Waals surface area contributed by atoms with Gasteiger partial charge in [0.25, 0.3) is 0 Å². The first-order valence-corrected chi connectivity index (χ1v) is 4.63. The van der Waals surface area contributed by atoms with Crippen LogP contribution in [0.5, 0.6) is 0 Å². The lowest BCUT2D eigenvalue weighted by atomic mass is 10.3. The molecule has 78 valence electrons. The molecule has 0 saturated carbocycles. The Morgan fingerprint density at radius 2 is 2.15 bits per heavy atom. The van der Waals surface area contributed by atoms with Gasteiger partial charge in [-0.25, -0.2) is 0 Å². The molecular weight excluding hydrogens is 168 g/mol. The minimum atomic E-state index is -0.315. The van der Waals surface area contributed by atoms with E-state index < -0.39 is 0 Å². The zero-order chi connectivity index (χ0) is 10.3. The van der Waals surface area contributed by atoms with Crippen LogP contribution in [0, 0.1) is 0 Å². The number of amides is 1. The molecule has 0 aliphatic carbocycles. The number of aliphatic hydroxyl groups is 1. The van der Waals surface area contributed by atoms with Gasteiger partial charge in [-0.15, -0.1) is 0 Å². The van der Waals surface area contributed by atoms with E-state index in [0.717, 1.165) is 13.0 Å². The maximum Gasteiger partial charge on any atom is 0.222 e. The van der Waals surface area contributed by atoms with Crippen molar-refractivity contribution < 1.29 is 9.90 Å². The molecule has 1 atom stereocenters. The normalized spacial score (nSPS) is 12.6. The van der Waals surface area contributed by atoms with Gasteiger partial charge in [-0.05, 0) is 19.9 Å². The van der Waals surface area contributed by atoms with Gasteiger partial charge in [0.05, 0.1) is 6.10 Å². The first-order chi connectivity index (χ1) is 6.04. The molecule has 0 heterocycles. The van der Waals surface area contributed by atoms with Crippen molar-refractivity contribution in [3.63, 3.8) is 0 Å². The predicted molar refractivity (Wildman–Crippen MR) is 52.5 cm³/mol. The third-order valence-corrected chi connectivity index (χ3v) is 1.68. The van der Waals surface area contributed by atoms with E-state index in [9.17, 15) is 4.79 Å². The molecule has 0 radical (unpaired) electrons. The Balaban J connectivity index is 3.21. The van der Waals surface area contributed by atoms with Crippen molar-refractivity contribution in [2.75, 3.05) is 27.2 Å². The fraction of sp³-hybridized carbons (Fsp3) is 0.889. The minimum Gasteiger partial charge on any atom is -0.392 e. The summed E-state index contributed by atoms with van der Waals surface area (Å²) < 4.78 is 0. The quantitative estimate of drug-likeness (QED) is 0.569. The van der Waals surface area contributed by atoms with Gasteiger partial charge in [-0.1, -0.05) is 0 Å². The molecular formula is C9H20N2O2. The van der Waals surface area contributed by atoms with Crippen LogP contribution in [0.4, 0.5) is 0 Å². The Bertz CT molecular complexity index is 147. The van der Waals surface area contributed by atoms with Gasteiger partial charge >= 0.3 is 0 Å². The highest BCUT2D eigenvalue weighted by Gasteiger charge is 2.02. The van der Waals surface area contributed by atoms with Gasteiger partial charge in [0.15, 0.2) is 0 Å². The Kier molecular flexibility index (Phi) is 6.54. The van der Waals surface area contributed by atoms with E-state index in [1.165, 1.54) is 0 Å². The lowest BCUT2D eigenvalue weighted by Crippen LogP contribution is -2.27. The van der Waals surface area contributed by atoms with E-state index in [2.05, 4.69) is 5.32 Å². The molecule has 0 aromatic rings. The molecule has 1 unspecified atom stereocenters. The second-order valence-corrected chi connectivity index (χ2v) is 3.44. The number of carbonyl (C=O) groups is 1. The van der Waals surface area contributed by atoms with Crippen LogP contribution < -0.4 is 5.32 Å². The molecule has 0 aromatic carbocycles. The van der Waals surface area contributed by atoms with Crippen LogP contribution in [0.3, 0.4) is 0 Å². The monoisotopic (exact) mass is 188 g/mol. The number of carbonyl (C=O) groups excluding carboxylic acids is 1. The van der Waals surface area contributed by atoms with E-state index in [-0.39, 0.29) is 12.0 Å². The molecule has 4 nitrogen and oxygen atoms in total. The number of nitrogens with zero attached hydrogens (tertiary/aromatic N) is 1. The molecule has 0 bridgehead atoms. The van der Waals surface area contributed by atoms with Crippen LogP contribution in [0.25, 0.3) is 0 Å². The molecule has 0 rings (SSSR count). The van der Waals surface area contributed by atoms with Crippen molar-refractivity contribution in [1.29, 1.82) is 0 Å². The first kappa shape index (κ1) is 12.4. The van der Waals surface area contributed by atoms with E-state index in [1.54, 1.807) is 25.9 Å². The highest BCUT2D eigenvalue weighted by Crippen LogP contribution is 1.91. The molecule has 4 heteroatoms. The van der Waals surface area contributed by atoms with Crippen LogP contribution in [-0.4, -0.2) is 49.2 Å². The lowest BCUT2D eigenvalue weighted by Gasteiger charge is -2.10. The fourth-order valence-corrected chi connectivity index (χ4v) is 0.899. The molecule has 0 aliphatic rings. The Morgan fingerprint density at radius 1 is 1.54 bits per heavy atom. The molecule has 2 N–H and O–H groups in total. The zero-order valence-electron chi connectivity index (χ0n) is 8.71. The molecule has 13 heavy (non-hydrogen) atoms. The van der Waals surface area contributed by atoms with Gasteiger partial charge in [0, 0.05) is 27.1 Å². The highest BCUT2D eigenvalue weighted by molar-refractivity contribution is 5.75. The first-order valence-electron chi connectivity index (χ1n) is 4.63. The van der Waals surface area contributed by atoms with Crippen LogP contribution in [-0.2, 0) is 4.79 Å².